The van der Waals surface area contributed by atoms with Crippen molar-refractivity contribution in [3.8, 4) is 0 Å². The van der Waals surface area contributed by atoms with Crippen LogP contribution in [-0.2, 0) is 22.4 Å². The van der Waals surface area contributed by atoms with Gasteiger partial charge in [-0.15, -0.1) is 0 Å². The van der Waals surface area contributed by atoms with Gasteiger partial charge in [0.2, 0.25) is 5.95 Å². The summed E-state index contributed by atoms with van der Waals surface area (Å²) in [6.07, 6.45) is 8.88. The first-order chi connectivity index (χ1) is 16.5. The van der Waals surface area contributed by atoms with Crippen molar-refractivity contribution < 1.29 is 14.6 Å². The lowest BCUT2D eigenvalue weighted by molar-refractivity contribution is -0.138. The molecular formula is C24H35BrN6O3. The molecule has 3 rings (SSSR count). The van der Waals surface area contributed by atoms with E-state index in [1.165, 1.54) is 12.0 Å². The molecule has 0 amide bonds. The highest BCUT2D eigenvalue weighted by Gasteiger charge is 2.20. The van der Waals surface area contributed by atoms with Crippen molar-refractivity contribution in [3.05, 3.63) is 40.3 Å². The van der Waals surface area contributed by atoms with Crippen LogP contribution in [0, 0.1) is 0 Å². The van der Waals surface area contributed by atoms with Crippen molar-refractivity contribution in [1.29, 1.82) is 0 Å². The van der Waals surface area contributed by atoms with Crippen LogP contribution in [0.4, 0.5) is 11.8 Å². The largest absolute Gasteiger partial charge is 0.480 e. The number of ether oxygens (including phenoxy) is 1. The minimum Gasteiger partial charge on any atom is -0.480 e. The number of aryl methyl sites for hydroxylation is 2. The summed E-state index contributed by atoms with van der Waals surface area (Å²) in [5, 5.41) is 16.0. The lowest BCUT2D eigenvalue weighted by Gasteiger charge is -2.24. The average molecular weight is 535 g/mol. The molecular weight excluding hydrogens is 500 g/mol. The molecule has 2 aromatic rings. The van der Waals surface area contributed by atoms with Gasteiger partial charge >= 0.3 is 5.97 Å². The molecule has 34 heavy (non-hydrogen) atoms. The van der Waals surface area contributed by atoms with Gasteiger partial charge in [-0.3, -0.25) is 0 Å². The van der Waals surface area contributed by atoms with Gasteiger partial charge in [0, 0.05) is 44.3 Å². The standard InChI is InChI=1S/C24H35BrN6O3/c1-2-34-15-14-31(13-10-21(23(32)33)30-24-27-16-19(25)17-28-24)12-4-3-7-20-9-8-18-6-5-11-26-22(18)29-20/h8-9,16-17,21H,2-7,10-15H2,1H3,(H,26,29)(H,32,33)(H,27,28,30)/t21-/m0/s1. The van der Waals surface area contributed by atoms with Crippen LogP contribution in [0.3, 0.4) is 0 Å². The van der Waals surface area contributed by atoms with Crippen LogP contribution in [0.2, 0.25) is 0 Å². The summed E-state index contributed by atoms with van der Waals surface area (Å²) < 4.78 is 6.28. The molecule has 0 aromatic carbocycles. The lowest BCUT2D eigenvalue weighted by atomic mass is 10.1. The first kappa shape index (κ1) is 26.3. The normalized spacial score (nSPS) is 13.9. The van der Waals surface area contributed by atoms with Crippen LogP contribution in [0.1, 0.15) is 43.9 Å². The molecule has 0 fully saturated rings. The number of aromatic nitrogens is 3. The molecule has 0 bridgehead atoms. The van der Waals surface area contributed by atoms with Gasteiger partial charge in [0.25, 0.3) is 0 Å². The highest BCUT2D eigenvalue weighted by molar-refractivity contribution is 9.10. The van der Waals surface area contributed by atoms with Gasteiger partial charge in [-0.2, -0.15) is 0 Å². The Morgan fingerprint density at radius 3 is 2.85 bits per heavy atom. The van der Waals surface area contributed by atoms with E-state index in [2.05, 4.69) is 53.6 Å². The van der Waals surface area contributed by atoms with Gasteiger partial charge in [0.1, 0.15) is 11.9 Å². The number of unbranched alkanes of at least 4 members (excludes halogenated alkanes) is 1. The lowest BCUT2D eigenvalue weighted by Crippen LogP contribution is -2.37. The Hall–Kier alpha value is -2.30. The molecule has 0 radical (unpaired) electrons. The van der Waals surface area contributed by atoms with E-state index in [1.54, 1.807) is 12.4 Å². The Bertz CT molecular complexity index is 899. The van der Waals surface area contributed by atoms with Crippen LogP contribution >= 0.6 is 15.9 Å². The van der Waals surface area contributed by atoms with Crippen molar-refractivity contribution >= 4 is 33.7 Å². The second kappa shape index (κ2) is 14.2. The molecule has 0 saturated heterocycles. The highest BCUT2D eigenvalue weighted by Crippen LogP contribution is 2.20. The molecule has 3 heterocycles. The zero-order chi connectivity index (χ0) is 24.2. The number of carboxylic acid groups (broad SMARTS) is 1. The van der Waals surface area contributed by atoms with E-state index in [-0.39, 0.29) is 0 Å². The Labute approximate surface area is 209 Å². The summed E-state index contributed by atoms with van der Waals surface area (Å²) in [6, 6.07) is 3.58. The molecule has 0 aliphatic carbocycles. The SMILES string of the molecule is CCOCCN(CCCCc1ccc2c(n1)NCCC2)CC[C@H](Nc1ncc(Br)cn1)C(=O)O. The van der Waals surface area contributed by atoms with Crippen LogP contribution < -0.4 is 10.6 Å². The van der Waals surface area contributed by atoms with E-state index in [0.29, 0.717) is 32.1 Å². The van der Waals surface area contributed by atoms with Crippen molar-refractivity contribution in [2.45, 2.75) is 51.5 Å². The molecule has 1 atom stereocenters. The molecule has 0 spiro atoms. The van der Waals surface area contributed by atoms with Crippen molar-refractivity contribution in [3.63, 3.8) is 0 Å². The topological polar surface area (TPSA) is 113 Å². The molecule has 1 aliphatic heterocycles. The minimum atomic E-state index is -0.914. The van der Waals surface area contributed by atoms with E-state index in [9.17, 15) is 9.90 Å². The molecule has 10 heteroatoms. The first-order valence-corrected chi connectivity index (χ1v) is 12.8. The third-order valence-corrected chi connectivity index (χ3v) is 6.23. The monoisotopic (exact) mass is 534 g/mol. The number of rotatable bonds is 15. The highest BCUT2D eigenvalue weighted by atomic mass is 79.9. The Balaban J connectivity index is 1.47. The number of pyridine rings is 1. The number of carbonyl (C=O) groups is 1. The fourth-order valence-electron chi connectivity index (χ4n) is 3.93. The smallest absolute Gasteiger partial charge is 0.326 e. The fourth-order valence-corrected chi connectivity index (χ4v) is 4.14. The molecule has 1 aliphatic rings. The number of nitrogens with one attached hydrogen (secondary N) is 2. The Morgan fingerprint density at radius 2 is 2.09 bits per heavy atom. The van der Waals surface area contributed by atoms with Crippen molar-refractivity contribution in [2.24, 2.45) is 0 Å². The third-order valence-electron chi connectivity index (χ3n) is 5.82. The van der Waals surface area contributed by atoms with Gasteiger partial charge in [-0.25, -0.2) is 19.7 Å². The second-order valence-electron chi connectivity index (χ2n) is 8.39. The zero-order valence-corrected chi connectivity index (χ0v) is 21.4. The summed E-state index contributed by atoms with van der Waals surface area (Å²) in [6.45, 7) is 6.59. The summed E-state index contributed by atoms with van der Waals surface area (Å²) in [5.41, 5.74) is 2.44. The number of hydrogen-bond donors (Lipinski definition) is 3. The number of carboxylic acids is 1. The van der Waals surface area contributed by atoms with Gasteiger partial charge in [-0.05, 0) is 79.6 Å². The fraction of sp³-hybridized carbons (Fsp3) is 0.583. The average Bonchev–Trinajstić information content (AvgIpc) is 2.84. The molecule has 186 valence electrons. The first-order valence-electron chi connectivity index (χ1n) is 12.0. The maximum absolute atomic E-state index is 11.8. The van der Waals surface area contributed by atoms with Crippen LogP contribution in [0.25, 0.3) is 0 Å². The summed E-state index contributed by atoms with van der Waals surface area (Å²) in [5.74, 6) is 0.441. The van der Waals surface area contributed by atoms with Crippen LogP contribution in [0.5, 0.6) is 0 Å². The number of nitrogens with zero attached hydrogens (tertiary/aromatic N) is 4. The molecule has 9 nitrogen and oxygen atoms in total. The summed E-state index contributed by atoms with van der Waals surface area (Å²) >= 11 is 3.29. The van der Waals surface area contributed by atoms with E-state index in [0.717, 1.165) is 61.3 Å². The second-order valence-corrected chi connectivity index (χ2v) is 9.30. The summed E-state index contributed by atoms with van der Waals surface area (Å²) in [4.78, 5) is 27.1. The van der Waals surface area contributed by atoms with Crippen molar-refractivity contribution in [2.75, 3.05) is 50.0 Å². The van der Waals surface area contributed by atoms with Gasteiger partial charge in [-0.1, -0.05) is 6.07 Å². The minimum absolute atomic E-state index is 0.309. The number of aliphatic carboxylic acids is 1. The summed E-state index contributed by atoms with van der Waals surface area (Å²) in [7, 11) is 0. The predicted molar refractivity (Wildman–Crippen MR) is 136 cm³/mol. The van der Waals surface area contributed by atoms with E-state index in [1.807, 2.05) is 6.92 Å². The maximum Gasteiger partial charge on any atom is 0.326 e. The zero-order valence-electron chi connectivity index (χ0n) is 19.8. The number of anilines is 2. The molecule has 0 saturated carbocycles. The molecule has 3 N–H and O–H groups in total. The van der Waals surface area contributed by atoms with E-state index < -0.39 is 12.0 Å². The predicted octanol–water partition coefficient (Wildman–Crippen LogP) is 3.61. The quantitative estimate of drug-likeness (QED) is 0.295. The maximum atomic E-state index is 11.8. The van der Waals surface area contributed by atoms with Crippen LogP contribution in [0.15, 0.2) is 29.0 Å². The molecule has 0 unspecified atom stereocenters. The van der Waals surface area contributed by atoms with Crippen molar-refractivity contribution in [1.82, 2.24) is 19.9 Å². The van der Waals surface area contributed by atoms with Crippen LogP contribution in [-0.4, -0.2) is 76.4 Å². The number of fused-ring (bicyclic) bond motifs is 1. The number of halogens is 1. The Kier molecular flexibility index (Phi) is 11.0. The van der Waals surface area contributed by atoms with Gasteiger partial charge < -0.3 is 25.4 Å². The van der Waals surface area contributed by atoms with Gasteiger partial charge in [0.15, 0.2) is 0 Å². The van der Waals surface area contributed by atoms with E-state index in [4.69, 9.17) is 9.72 Å². The van der Waals surface area contributed by atoms with Gasteiger partial charge in [0.05, 0.1) is 11.1 Å². The molecule has 2 aromatic heterocycles. The number of hydrogen-bond acceptors (Lipinski definition) is 8. The third kappa shape index (κ3) is 8.81. The Morgan fingerprint density at radius 1 is 1.26 bits per heavy atom. The van der Waals surface area contributed by atoms with E-state index >= 15 is 0 Å².